The van der Waals surface area contributed by atoms with E-state index in [1.165, 1.54) is 20.1 Å². The van der Waals surface area contributed by atoms with Crippen LogP contribution in [-0.2, 0) is 9.59 Å². The summed E-state index contributed by atoms with van der Waals surface area (Å²) in [6.07, 6.45) is 0. The zero-order chi connectivity index (χ0) is 17.1. The average Bonchev–Trinajstić information content (AvgIpc) is 2.48. The predicted octanol–water partition coefficient (Wildman–Crippen LogP) is 3.91. The Kier molecular flexibility index (Phi) is 4.91. The number of rotatable bonds is 4. The van der Waals surface area contributed by atoms with E-state index in [1.54, 1.807) is 25.1 Å². The molecule has 0 radical (unpaired) electrons. The Morgan fingerprint density at radius 2 is 1.74 bits per heavy atom. The van der Waals surface area contributed by atoms with Gasteiger partial charge < -0.3 is 14.2 Å². The summed E-state index contributed by atoms with van der Waals surface area (Å²) in [4.78, 5) is 23.2. The van der Waals surface area contributed by atoms with Crippen LogP contribution in [-0.4, -0.2) is 19.0 Å². The van der Waals surface area contributed by atoms with Gasteiger partial charge in [-0.15, -0.1) is 0 Å². The number of halogens is 1. The molecular formula is C17H15ClO5. The third kappa shape index (κ3) is 3.63. The maximum Gasteiger partial charge on any atom is 0.338 e. The number of carbonyl (C=O) groups is 2. The van der Waals surface area contributed by atoms with Crippen LogP contribution in [0.5, 0.6) is 17.2 Å². The summed E-state index contributed by atoms with van der Waals surface area (Å²) in [6, 6.07) is 6.39. The number of fused-ring (bicyclic) bond motifs is 1. The molecule has 0 unspecified atom stereocenters. The third-order valence-electron chi connectivity index (χ3n) is 2.99. The Morgan fingerprint density at radius 3 is 2.30 bits per heavy atom. The maximum atomic E-state index is 11.9. The molecule has 0 bridgehead atoms. The number of hydrogen-bond donors (Lipinski definition) is 0. The van der Waals surface area contributed by atoms with Crippen molar-refractivity contribution in [3.05, 3.63) is 41.4 Å². The Bertz CT molecular complexity index is 810. The van der Waals surface area contributed by atoms with Crippen molar-refractivity contribution >= 4 is 34.3 Å². The molecule has 5 nitrogen and oxygen atoms in total. The second-order valence-corrected chi connectivity index (χ2v) is 5.30. The molecule has 2 rings (SSSR count). The minimum atomic E-state index is -0.584. The van der Waals surface area contributed by atoms with Crippen molar-refractivity contribution in [3.63, 3.8) is 0 Å². The van der Waals surface area contributed by atoms with Crippen LogP contribution in [0.3, 0.4) is 0 Å². The van der Waals surface area contributed by atoms with Crippen molar-refractivity contribution < 1.29 is 23.8 Å². The van der Waals surface area contributed by atoms with E-state index in [2.05, 4.69) is 6.58 Å². The lowest BCUT2D eigenvalue weighted by Gasteiger charge is -2.15. The smallest absolute Gasteiger partial charge is 0.338 e. The third-order valence-corrected chi connectivity index (χ3v) is 3.23. The van der Waals surface area contributed by atoms with Crippen molar-refractivity contribution in [1.82, 2.24) is 0 Å². The van der Waals surface area contributed by atoms with Crippen LogP contribution in [0.4, 0.5) is 0 Å². The van der Waals surface area contributed by atoms with Gasteiger partial charge in [-0.2, -0.15) is 0 Å². The number of ether oxygens (including phenoxy) is 3. The highest BCUT2D eigenvalue weighted by Gasteiger charge is 2.19. The van der Waals surface area contributed by atoms with E-state index in [9.17, 15) is 9.59 Å². The van der Waals surface area contributed by atoms with E-state index in [-0.39, 0.29) is 22.8 Å². The summed E-state index contributed by atoms with van der Waals surface area (Å²) in [5.74, 6) is -0.337. The summed E-state index contributed by atoms with van der Waals surface area (Å²) in [6.45, 7) is 6.38. The number of benzene rings is 2. The van der Waals surface area contributed by atoms with Gasteiger partial charge in [0.15, 0.2) is 11.5 Å². The molecule has 0 fully saturated rings. The van der Waals surface area contributed by atoms with Gasteiger partial charge in [0.2, 0.25) is 0 Å². The zero-order valence-corrected chi connectivity index (χ0v) is 13.7. The van der Waals surface area contributed by atoms with E-state index in [1.807, 2.05) is 0 Å². The highest BCUT2D eigenvalue weighted by Crippen LogP contribution is 2.42. The van der Waals surface area contributed by atoms with Crippen LogP contribution < -0.4 is 14.2 Å². The quantitative estimate of drug-likeness (QED) is 0.482. The molecule has 0 aliphatic rings. The Hall–Kier alpha value is -2.53. The Balaban J connectivity index is 2.73. The number of hydrogen-bond acceptors (Lipinski definition) is 5. The van der Waals surface area contributed by atoms with Crippen LogP contribution >= 0.6 is 11.6 Å². The van der Waals surface area contributed by atoms with Gasteiger partial charge in [-0.05, 0) is 25.1 Å². The fourth-order valence-electron chi connectivity index (χ4n) is 1.99. The lowest BCUT2D eigenvalue weighted by Crippen LogP contribution is -2.10. The fraction of sp³-hybridized carbons (Fsp3) is 0.176. The summed E-state index contributed by atoms with van der Waals surface area (Å²) in [7, 11) is 1.42. The second kappa shape index (κ2) is 6.71. The first-order valence-corrected chi connectivity index (χ1v) is 7.07. The van der Waals surface area contributed by atoms with Crippen LogP contribution in [0.2, 0.25) is 5.02 Å². The first-order chi connectivity index (χ1) is 10.8. The van der Waals surface area contributed by atoms with Crippen molar-refractivity contribution in [2.24, 2.45) is 0 Å². The van der Waals surface area contributed by atoms with Crippen molar-refractivity contribution in [3.8, 4) is 17.2 Å². The second-order valence-electron chi connectivity index (χ2n) is 4.86. The highest BCUT2D eigenvalue weighted by atomic mass is 35.5. The molecule has 6 heteroatoms. The number of esters is 2. The van der Waals surface area contributed by atoms with Crippen LogP contribution in [0, 0.1) is 0 Å². The minimum Gasteiger partial charge on any atom is -0.493 e. The lowest BCUT2D eigenvalue weighted by molar-refractivity contribution is -0.132. The van der Waals surface area contributed by atoms with E-state index in [4.69, 9.17) is 25.8 Å². The summed E-state index contributed by atoms with van der Waals surface area (Å²) in [5, 5.41) is 1.51. The Labute approximate surface area is 138 Å². The van der Waals surface area contributed by atoms with E-state index in [0.29, 0.717) is 15.8 Å². The zero-order valence-electron chi connectivity index (χ0n) is 12.9. The standard InChI is InChI=1S/C17H15ClO5/c1-9(2)17(20)23-16-12-6-5-11(18)7-13(12)14(22-10(3)19)8-15(16)21-4/h5-8H,1H2,2-4H3. The number of carbonyl (C=O) groups excluding carboxylic acids is 2. The van der Waals surface area contributed by atoms with Crippen molar-refractivity contribution in [1.29, 1.82) is 0 Å². The fourth-order valence-corrected chi connectivity index (χ4v) is 2.16. The molecule has 120 valence electrons. The Morgan fingerprint density at radius 1 is 1.04 bits per heavy atom. The largest absolute Gasteiger partial charge is 0.493 e. The van der Waals surface area contributed by atoms with Gasteiger partial charge in [0.05, 0.1) is 7.11 Å². The molecule has 0 heterocycles. The predicted molar refractivity (Wildman–Crippen MR) is 87.3 cm³/mol. The molecule has 0 N–H and O–H groups in total. The summed E-state index contributed by atoms with van der Waals surface area (Å²) in [5.41, 5.74) is 0.248. The topological polar surface area (TPSA) is 61.8 Å². The molecule has 0 saturated heterocycles. The van der Waals surface area contributed by atoms with E-state index in [0.717, 1.165) is 0 Å². The first kappa shape index (κ1) is 16.8. The average molecular weight is 335 g/mol. The lowest BCUT2D eigenvalue weighted by atomic mass is 10.1. The molecule has 0 aromatic heterocycles. The highest BCUT2D eigenvalue weighted by molar-refractivity contribution is 6.31. The van der Waals surface area contributed by atoms with Gasteiger partial charge in [0.25, 0.3) is 0 Å². The van der Waals surface area contributed by atoms with Gasteiger partial charge in [-0.3, -0.25) is 4.79 Å². The molecule has 0 spiro atoms. The maximum absolute atomic E-state index is 11.9. The molecular weight excluding hydrogens is 320 g/mol. The number of methoxy groups -OCH3 is 1. The molecule has 2 aromatic carbocycles. The molecule has 0 saturated carbocycles. The molecule has 23 heavy (non-hydrogen) atoms. The van der Waals surface area contributed by atoms with E-state index < -0.39 is 11.9 Å². The normalized spacial score (nSPS) is 10.3. The molecule has 2 aromatic rings. The monoisotopic (exact) mass is 334 g/mol. The minimum absolute atomic E-state index is 0.211. The van der Waals surface area contributed by atoms with Crippen LogP contribution in [0.25, 0.3) is 10.8 Å². The molecule has 0 amide bonds. The SMILES string of the molecule is C=C(C)C(=O)Oc1c(OC)cc(OC(C)=O)c2cc(Cl)ccc12. The van der Waals surface area contributed by atoms with Gasteiger partial charge in [0, 0.05) is 34.4 Å². The molecule has 0 aliphatic heterocycles. The van der Waals surface area contributed by atoms with Crippen LogP contribution in [0.15, 0.2) is 36.4 Å². The van der Waals surface area contributed by atoms with Gasteiger partial charge in [-0.25, -0.2) is 4.79 Å². The van der Waals surface area contributed by atoms with Gasteiger partial charge in [-0.1, -0.05) is 18.2 Å². The first-order valence-electron chi connectivity index (χ1n) is 6.70. The summed E-state index contributed by atoms with van der Waals surface area (Å²) >= 11 is 6.02. The van der Waals surface area contributed by atoms with E-state index >= 15 is 0 Å². The van der Waals surface area contributed by atoms with Gasteiger partial charge >= 0.3 is 11.9 Å². The van der Waals surface area contributed by atoms with Crippen molar-refractivity contribution in [2.75, 3.05) is 7.11 Å². The van der Waals surface area contributed by atoms with Gasteiger partial charge in [0.1, 0.15) is 5.75 Å². The van der Waals surface area contributed by atoms with Crippen molar-refractivity contribution in [2.45, 2.75) is 13.8 Å². The van der Waals surface area contributed by atoms with Crippen LogP contribution in [0.1, 0.15) is 13.8 Å². The summed E-state index contributed by atoms with van der Waals surface area (Å²) < 4.78 is 15.8. The molecule has 0 atom stereocenters. The molecule has 0 aliphatic carbocycles.